The number of carbonyl (C=O) groups is 2. The van der Waals surface area contributed by atoms with Gasteiger partial charge in [0.1, 0.15) is 0 Å². The lowest BCUT2D eigenvalue weighted by atomic mass is 10.1. The van der Waals surface area contributed by atoms with Crippen LogP contribution in [0.2, 0.25) is 0 Å². The molecule has 4 N–H and O–H groups in total. The van der Waals surface area contributed by atoms with Crippen molar-refractivity contribution in [2.45, 2.75) is 6.54 Å². The van der Waals surface area contributed by atoms with Crippen molar-refractivity contribution in [1.82, 2.24) is 10.3 Å². The fourth-order valence-corrected chi connectivity index (χ4v) is 1.56. The van der Waals surface area contributed by atoms with Gasteiger partial charge in [0, 0.05) is 30.4 Å². The zero-order valence-electron chi connectivity index (χ0n) is 11.0. The van der Waals surface area contributed by atoms with Crippen molar-refractivity contribution in [3.05, 3.63) is 48.2 Å². The first-order valence-electron chi connectivity index (χ1n) is 5.87. The average molecular weight is 276 g/mol. The Morgan fingerprint density at radius 1 is 1.20 bits per heavy atom. The minimum atomic E-state index is -1.26. The van der Waals surface area contributed by atoms with Crippen molar-refractivity contribution in [3.63, 3.8) is 0 Å². The third-order valence-corrected chi connectivity index (χ3v) is 2.37. The molecule has 2 rings (SSSR count). The minimum Gasteiger partial charge on any atom is -0.478 e. The maximum Gasteiger partial charge on any atom is 0.328 e. The summed E-state index contributed by atoms with van der Waals surface area (Å²) in [7, 11) is 1.96. The van der Waals surface area contributed by atoms with Gasteiger partial charge in [0.25, 0.3) is 0 Å². The Labute approximate surface area is 115 Å². The smallest absolute Gasteiger partial charge is 0.328 e. The van der Waals surface area contributed by atoms with Gasteiger partial charge in [-0.3, -0.25) is 0 Å². The number of aromatic nitrogens is 1. The molecule has 1 aromatic heterocycles. The van der Waals surface area contributed by atoms with E-state index >= 15 is 0 Å². The third kappa shape index (κ3) is 5.36. The van der Waals surface area contributed by atoms with Gasteiger partial charge in [-0.25, -0.2) is 9.59 Å². The molecular formula is C14H16N2O4. The van der Waals surface area contributed by atoms with Crippen molar-refractivity contribution in [1.29, 1.82) is 0 Å². The number of rotatable bonds is 4. The van der Waals surface area contributed by atoms with Gasteiger partial charge in [-0.05, 0) is 36.2 Å². The number of nitrogens with one attached hydrogen (secondary N) is 2. The lowest BCUT2D eigenvalue weighted by Gasteiger charge is -1.98. The van der Waals surface area contributed by atoms with E-state index < -0.39 is 11.9 Å². The number of carboxylic acid groups (broad SMARTS) is 2. The molecular weight excluding hydrogens is 260 g/mol. The number of H-pyrrole nitrogens is 1. The highest BCUT2D eigenvalue weighted by Crippen LogP contribution is 2.13. The van der Waals surface area contributed by atoms with Crippen molar-refractivity contribution >= 4 is 22.8 Å². The van der Waals surface area contributed by atoms with Gasteiger partial charge in [0.2, 0.25) is 0 Å². The number of carboxylic acids is 2. The summed E-state index contributed by atoms with van der Waals surface area (Å²) in [5.41, 5.74) is 2.53. The number of aromatic amines is 1. The van der Waals surface area contributed by atoms with Crippen LogP contribution in [0.25, 0.3) is 10.9 Å². The van der Waals surface area contributed by atoms with Gasteiger partial charge in [-0.1, -0.05) is 6.07 Å². The third-order valence-electron chi connectivity index (χ3n) is 2.37. The Morgan fingerprint density at radius 2 is 1.85 bits per heavy atom. The number of aliphatic carboxylic acids is 2. The highest BCUT2D eigenvalue weighted by Gasteiger charge is 1.95. The van der Waals surface area contributed by atoms with E-state index in [9.17, 15) is 9.59 Å². The largest absolute Gasteiger partial charge is 0.478 e. The lowest BCUT2D eigenvalue weighted by Crippen LogP contribution is -2.04. The standard InChI is InChI=1S/C10H12N2.C4H4O4/c1-11-7-8-2-3-10-9(6-8)4-5-12-10;5-3(6)1-2-4(7)8/h2-6,11-12H,7H2,1H3;1-2H,(H,5,6)(H,7,8)/b;2-1+. The molecule has 0 atom stereocenters. The van der Waals surface area contributed by atoms with Crippen LogP contribution in [0.4, 0.5) is 0 Å². The van der Waals surface area contributed by atoms with Crippen LogP contribution in [0.15, 0.2) is 42.6 Å². The predicted octanol–water partition coefficient (Wildman–Crippen LogP) is 1.60. The zero-order chi connectivity index (χ0) is 15.0. The molecule has 0 bridgehead atoms. The summed E-state index contributed by atoms with van der Waals surface area (Å²) < 4.78 is 0. The van der Waals surface area contributed by atoms with Crippen LogP contribution in [-0.4, -0.2) is 34.2 Å². The second-order valence-corrected chi connectivity index (χ2v) is 3.94. The van der Waals surface area contributed by atoms with Crippen molar-refractivity contribution in [2.75, 3.05) is 7.05 Å². The van der Waals surface area contributed by atoms with Gasteiger partial charge in [0.05, 0.1) is 0 Å². The maximum absolute atomic E-state index is 9.55. The van der Waals surface area contributed by atoms with E-state index in [0.29, 0.717) is 12.2 Å². The summed E-state index contributed by atoms with van der Waals surface area (Å²) >= 11 is 0. The topological polar surface area (TPSA) is 102 Å². The first kappa shape index (κ1) is 15.5. The SMILES string of the molecule is CNCc1ccc2[nH]ccc2c1.O=C(O)/C=C/C(=O)O. The Bertz CT molecular complexity index is 600. The van der Waals surface area contributed by atoms with Crippen LogP contribution in [-0.2, 0) is 16.1 Å². The van der Waals surface area contributed by atoms with Crippen molar-refractivity contribution in [2.24, 2.45) is 0 Å². The Balaban J connectivity index is 0.000000221. The molecule has 0 aliphatic rings. The van der Waals surface area contributed by atoms with E-state index in [1.807, 2.05) is 13.2 Å². The lowest BCUT2D eigenvalue weighted by molar-refractivity contribution is -0.134. The van der Waals surface area contributed by atoms with E-state index in [1.54, 1.807) is 0 Å². The number of fused-ring (bicyclic) bond motifs is 1. The highest BCUT2D eigenvalue weighted by atomic mass is 16.4. The second-order valence-electron chi connectivity index (χ2n) is 3.94. The summed E-state index contributed by atoms with van der Waals surface area (Å²) in [4.78, 5) is 22.3. The Hall–Kier alpha value is -2.60. The molecule has 6 heteroatoms. The van der Waals surface area contributed by atoms with Crippen LogP contribution in [0.3, 0.4) is 0 Å². The minimum absolute atomic E-state index is 0.558. The van der Waals surface area contributed by atoms with E-state index in [2.05, 4.69) is 34.6 Å². The number of hydrogen-bond donors (Lipinski definition) is 4. The second kappa shape index (κ2) is 7.75. The van der Waals surface area contributed by atoms with E-state index in [4.69, 9.17) is 10.2 Å². The highest BCUT2D eigenvalue weighted by molar-refractivity contribution is 5.89. The molecule has 0 unspecified atom stereocenters. The van der Waals surface area contributed by atoms with Crippen molar-refractivity contribution < 1.29 is 19.8 Å². The fourth-order valence-electron chi connectivity index (χ4n) is 1.56. The Kier molecular flexibility index (Phi) is 5.99. The molecule has 1 aromatic carbocycles. The molecule has 0 aliphatic heterocycles. The van der Waals surface area contributed by atoms with Crippen LogP contribution >= 0.6 is 0 Å². The molecule has 0 fully saturated rings. The van der Waals surface area contributed by atoms with Gasteiger partial charge in [0.15, 0.2) is 0 Å². The average Bonchev–Trinajstić information content (AvgIpc) is 2.85. The summed E-state index contributed by atoms with van der Waals surface area (Å²) in [5.74, 6) is -2.51. The van der Waals surface area contributed by atoms with Crippen LogP contribution < -0.4 is 5.32 Å². The fraction of sp³-hybridized carbons (Fsp3) is 0.143. The predicted molar refractivity (Wildman–Crippen MR) is 75.5 cm³/mol. The monoisotopic (exact) mass is 276 g/mol. The van der Waals surface area contributed by atoms with Gasteiger partial charge in [-0.2, -0.15) is 0 Å². The van der Waals surface area contributed by atoms with Crippen LogP contribution in [0.1, 0.15) is 5.56 Å². The molecule has 0 radical (unpaired) electrons. The summed E-state index contributed by atoms with van der Waals surface area (Å²) in [6, 6.07) is 8.54. The summed E-state index contributed by atoms with van der Waals surface area (Å²) in [5, 5.41) is 20.0. The molecule has 0 saturated heterocycles. The van der Waals surface area contributed by atoms with Gasteiger partial charge >= 0.3 is 11.9 Å². The Morgan fingerprint density at radius 3 is 2.40 bits per heavy atom. The maximum atomic E-state index is 9.55. The van der Waals surface area contributed by atoms with Gasteiger partial charge < -0.3 is 20.5 Å². The van der Waals surface area contributed by atoms with Gasteiger partial charge in [-0.15, -0.1) is 0 Å². The summed E-state index contributed by atoms with van der Waals surface area (Å²) in [6.07, 6.45) is 3.08. The first-order chi connectivity index (χ1) is 9.52. The number of hydrogen-bond acceptors (Lipinski definition) is 3. The molecule has 1 heterocycles. The van der Waals surface area contributed by atoms with Crippen LogP contribution in [0.5, 0.6) is 0 Å². The van der Waals surface area contributed by atoms with Crippen molar-refractivity contribution in [3.8, 4) is 0 Å². The molecule has 0 amide bonds. The molecule has 0 aliphatic carbocycles. The zero-order valence-corrected chi connectivity index (χ0v) is 11.0. The number of benzene rings is 1. The molecule has 6 nitrogen and oxygen atoms in total. The van der Waals surface area contributed by atoms with Crippen LogP contribution in [0, 0.1) is 0 Å². The molecule has 0 saturated carbocycles. The molecule has 106 valence electrons. The normalized spacial score (nSPS) is 10.2. The first-order valence-corrected chi connectivity index (χ1v) is 5.87. The molecule has 20 heavy (non-hydrogen) atoms. The molecule has 0 spiro atoms. The van der Waals surface area contributed by atoms with E-state index in [1.165, 1.54) is 16.5 Å². The van der Waals surface area contributed by atoms with E-state index in [-0.39, 0.29) is 0 Å². The summed E-state index contributed by atoms with van der Waals surface area (Å²) in [6.45, 7) is 0.932. The van der Waals surface area contributed by atoms with E-state index in [0.717, 1.165) is 6.54 Å². The quantitative estimate of drug-likeness (QED) is 0.635. The molecule has 2 aromatic rings.